The fraction of sp³-hybridized carbons (Fsp3) is 0.385. The van der Waals surface area contributed by atoms with Crippen molar-refractivity contribution in [1.82, 2.24) is 25.1 Å². The van der Waals surface area contributed by atoms with Crippen LogP contribution in [0.5, 0.6) is 0 Å². The van der Waals surface area contributed by atoms with Crippen LogP contribution in [0.3, 0.4) is 0 Å². The zero-order valence-corrected chi connectivity index (χ0v) is 11.7. The summed E-state index contributed by atoms with van der Waals surface area (Å²) in [5.74, 6) is -0.305. The van der Waals surface area contributed by atoms with Crippen LogP contribution < -0.4 is 10.9 Å². The van der Waals surface area contributed by atoms with Crippen LogP contribution in [0.15, 0.2) is 17.2 Å². The van der Waals surface area contributed by atoms with Gasteiger partial charge < -0.3 is 10.3 Å². The van der Waals surface area contributed by atoms with E-state index in [2.05, 4.69) is 20.4 Å². The zero-order chi connectivity index (χ0) is 14.7. The number of rotatable bonds is 4. The second-order valence-electron chi connectivity index (χ2n) is 4.58. The number of aryl methyl sites for hydroxylation is 2. The smallest absolute Gasteiger partial charge is 0.271 e. The molecule has 0 atom stereocenters. The number of nitrogens with zero attached hydrogens (tertiary/aromatic N) is 3. The molecule has 0 unspecified atom stereocenters. The van der Waals surface area contributed by atoms with Crippen LogP contribution >= 0.6 is 0 Å². The first-order valence-corrected chi connectivity index (χ1v) is 6.31. The average molecular weight is 275 g/mol. The maximum atomic E-state index is 11.8. The molecule has 0 aliphatic rings. The third-order valence-electron chi connectivity index (χ3n) is 3.22. The molecule has 2 aromatic rings. The Morgan fingerprint density at radius 3 is 2.75 bits per heavy atom. The second kappa shape index (κ2) is 5.68. The van der Waals surface area contributed by atoms with Gasteiger partial charge in [-0.1, -0.05) is 0 Å². The molecule has 2 N–H and O–H groups in total. The van der Waals surface area contributed by atoms with Crippen LogP contribution in [0.4, 0.5) is 0 Å². The molecule has 2 rings (SSSR count). The Bertz CT molecular complexity index is 666. The highest BCUT2D eigenvalue weighted by Crippen LogP contribution is 2.11. The van der Waals surface area contributed by atoms with Gasteiger partial charge >= 0.3 is 0 Å². The van der Waals surface area contributed by atoms with Crippen molar-refractivity contribution >= 4 is 5.91 Å². The van der Waals surface area contributed by atoms with Crippen LogP contribution in [-0.2, 0) is 13.5 Å². The van der Waals surface area contributed by atoms with Crippen molar-refractivity contribution in [2.24, 2.45) is 7.05 Å². The van der Waals surface area contributed by atoms with E-state index in [-0.39, 0.29) is 17.2 Å². The molecular formula is C13H17N5O2. The molecule has 106 valence electrons. The lowest BCUT2D eigenvalue weighted by atomic mass is 10.1. The Hall–Kier alpha value is -2.44. The quantitative estimate of drug-likeness (QED) is 0.827. The Labute approximate surface area is 116 Å². The SMILES string of the molecule is Cc1nn(C)c(C)c1CCNC(=O)c1c[nH]c(=O)cn1. The van der Waals surface area contributed by atoms with E-state index < -0.39 is 0 Å². The maximum absolute atomic E-state index is 11.8. The summed E-state index contributed by atoms with van der Waals surface area (Å²) < 4.78 is 1.83. The summed E-state index contributed by atoms with van der Waals surface area (Å²) >= 11 is 0. The van der Waals surface area contributed by atoms with Crippen molar-refractivity contribution in [2.75, 3.05) is 6.54 Å². The first kappa shape index (κ1) is 14.0. The summed E-state index contributed by atoms with van der Waals surface area (Å²) in [4.78, 5) is 28.9. The van der Waals surface area contributed by atoms with Crippen LogP contribution in [-0.4, -0.2) is 32.2 Å². The van der Waals surface area contributed by atoms with Crippen LogP contribution in [0.1, 0.15) is 27.4 Å². The topological polar surface area (TPSA) is 92.7 Å². The van der Waals surface area contributed by atoms with Gasteiger partial charge in [-0.05, 0) is 25.8 Å². The van der Waals surface area contributed by atoms with E-state index >= 15 is 0 Å². The molecule has 0 spiro atoms. The highest BCUT2D eigenvalue weighted by atomic mass is 16.2. The van der Waals surface area contributed by atoms with E-state index in [0.717, 1.165) is 23.1 Å². The normalized spacial score (nSPS) is 10.6. The summed E-state index contributed by atoms with van der Waals surface area (Å²) in [5, 5.41) is 7.10. The number of hydrogen-bond acceptors (Lipinski definition) is 4. The molecule has 0 radical (unpaired) electrons. The van der Waals surface area contributed by atoms with Gasteiger partial charge in [0.05, 0.1) is 11.9 Å². The zero-order valence-electron chi connectivity index (χ0n) is 11.7. The number of aromatic amines is 1. The summed E-state index contributed by atoms with van der Waals surface area (Å²) in [6.45, 7) is 4.45. The van der Waals surface area contributed by atoms with E-state index in [1.54, 1.807) is 0 Å². The highest BCUT2D eigenvalue weighted by molar-refractivity contribution is 5.91. The molecule has 0 aliphatic heterocycles. The van der Waals surface area contributed by atoms with E-state index in [0.29, 0.717) is 13.0 Å². The second-order valence-corrected chi connectivity index (χ2v) is 4.58. The molecule has 1 amide bonds. The van der Waals surface area contributed by atoms with Gasteiger partial charge in [-0.3, -0.25) is 14.3 Å². The molecule has 0 fully saturated rings. The fourth-order valence-electron chi connectivity index (χ4n) is 2.04. The Balaban J connectivity index is 1.94. The largest absolute Gasteiger partial charge is 0.350 e. The number of hydrogen-bond donors (Lipinski definition) is 2. The lowest BCUT2D eigenvalue weighted by molar-refractivity contribution is 0.0948. The minimum atomic E-state index is -0.330. The van der Waals surface area contributed by atoms with Gasteiger partial charge in [0.25, 0.3) is 11.5 Å². The molecule has 20 heavy (non-hydrogen) atoms. The fourth-order valence-corrected chi connectivity index (χ4v) is 2.04. The molecular weight excluding hydrogens is 258 g/mol. The molecule has 7 nitrogen and oxygen atoms in total. The number of H-pyrrole nitrogens is 1. The highest BCUT2D eigenvalue weighted by Gasteiger charge is 2.10. The van der Waals surface area contributed by atoms with E-state index in [1.165, 1.54) is 6.20 Å². The van der Waals surface area contributed by atoms with E-state index in [4.69, 9.17) is 0 Å². The van der Waals surface area contributed by atoms with Gasteiger partial charge in [0.1, 0.15) is 5.69 Å². The van der Waals surface area contributed by atoms with Gasteiger partial charge in [0.15, 0.2) is 0 Å². The maximum Gasteiger partial charge on any atom is 0.271 e. The predicted octanol–water partition coefficient (Wildman–Crippen LogP) is 0.0927. The standard InChI is InChI=1S/C13H17N5O2/c1-8-10(9(2)18(3)17-8)4-5-14-13(20)11-6-16-12(19)7-15-11/h6-7H,4-5H2,1-3H3,(H,14,20)(H,16,19). The van der Waals surface area contributed by atoms with Crippen molar-refractivity contribution in [3.05, 3.63) is 45.4 Å². The van der Waals surface area contributed by atoms with E-state index in [1.807, 2.05) is 25.6 Å². The number of aromatic nitrogens is 4. The van der Waals surface area contributed by atoms with Crippen molar-refractivity contribution < 1.29 is 4.79 Å². The summed E-state index contributed by atoms with van der Waals surface area (Å²) in [6.07, 6.45) is 3.10. The first-order valence-electron chi connectivity index (χ1n) is 6.31. The molecule has 0 aromatic carbocycles. The summed E-state index contributed by atoms with van der Waals surface area (Å²) in [5.41, 5.74) is 3.08. The molecule has 7 heteroatoms. The van der Waals surface area contributed by atoms with Crippen LogP contribution in [0, 0.1) is 13.8 Å². The van der Waals surface area contributed by atoms with Crippen molar-refractivity contribution in [2.45, 2.75) is 20.3 Å². The average Bonchev–Trinajstić information content (AvgIpc) is 2.65. The van der Waals surface area contributed by atoms with Gasteiger partial charge in [-0.2, -0.15) is 5.10 Å². The van der Waals surface area contributed by atoms with Crippen molar-refractivity contribution in [3.63, 3.8) is 0 Å². The van der Waals surface area contributed by atoms with Gasteiger partial charge in [0.2, 0.25) is 0 Å². The summed E-state index contributed by atoms with van der Waals surface area (Å²) in [6, 6.07) is 0. The predicted molar refractivity (Wildman–Crippen MR) is 73.6 cm³/mol. The van der Waals surface area contributed by atoms with E-state index in [9.17, 15) is 9.59 Å². The Kier molecular flexibility index (Phi) is 3.97. The Morgan fingerprint density at radius 1 is 1.45 bits per heavy atom. The molecule has 0 bridgehead atoms. The third-order valence-corrected chi connectivity index (χ3v) is 3.22. The van der Waals surface area contributed by atoms with Crippen molar-refractivity contribution in [1.29, 1.82) is 0 Å². The number of carbonyl (C=O) groups is 1. The molecule has 0 aliphatic carbocycles. The lowest BCUT2D eigenvalue weighted by Gasteiger charge is -2.05. The van der Waals surface area contributed by atoms with Gasteiger partial charge in [0, 0.05) is 25.5 Å². The van der Waals surface area contributed by atoms with Crippen LogP contribution in [0.2, 0.25) is 0 Å². The summed E-state index contributed by atoms with van der Waals surface area (Å²) in [7, 11) is 1.90. The first-order chi connectivity index (χ1) is 9.49. The number of amides is 1. The lowest BCUT2D eigenvalue weighted by Crippen LogP contribution is -2.27. The molecule has 0 saturated carbocycles. The van der Waals surface area contributed by atoms with Crippen molar-refractivity contribution in [3.8, 4) is 0 Å². The third kappa shape index (κ3) is 2.93. The monoisotopic (exact) mass is 275 g/mol. The minimum absolute atomic E-state index is 0.198. The molecule has 0 saturated heterocycles. The molecule has 2 aromatic heterocycles. The minimum Gasteiger partial charge on any atom is -0.350 e. The Morgan fingerprint density at radius 2 is 2.20 bits per heavy atom. The number of carbonyl (C=O) groups excluding carboxylic acids is 1. The molecule has 2 heterocycles. The van der Waals surface area contributed by atoms with Gasteiger partial charge in [-0.15, -0.1) is 0 Å². The van der Waals surface area contributed by atoms with Gasteiger partial charge in [-0.25, -0.2) is 4.98 Å². The number of nitrogens with one attached hydrogen (secondary N) is 2. The van der Waals surface area contributed by atoms with Crippen LogP contribution in [0.25, 0.3) is 0 Å².